The molecule has 1 fully saturated rings. The van der Waals surface area contributed by atoms with Gasteiger partial charge in [0.1, 0.15) is 23.8 Å². The van der Waals surface area contributed by atoms with Crippen LogP contribution in [0.25, 0.3) is 0 Å². The summed E-state index contributed by atoms with van der Waals surface area (Å²) in [7, 11) is 0. The van der Waals surface area contributed by atoms with Crippen LogP contribution in [0.3, 0.4) is 0 Å². The number of carbonyl (C=O) groups is 4. The van der Waals surface area contributed by atoms with Gasteiger partial charge >= 0.3 is 0 Å². The zero-order valence-electron chi connectivity index (χ0n) is 19.5. The van der Waals surface area contributed by atoms with Crippen LogP contribution in [0.4, 0.5) is 5.69 Å². The van der Waals surface area contributed by atoms with E-state index < -0.39 is 18.1 Å². The van der Waals surface area contributed by atoms with Gasteiger partial charge in [-0.05, 0) is 42.7 Å². The van der Waals surface area contributed by atoms with Crippen molar-refractivity contribution < 1.29 is 19.2 Å². The molecule has 11 nitrogen and oxygen atoms in total. The van der Waals surface area contributed by atoms with Crippen molar-refractivity contribution in [3.05, 3.63) is 41.2 Å². The molecule has 5 rings (SSSR count). The van der Waals surface area contributed by atoms with Crippen molar-refractivity contribution in [1.82, 2.24) is 31.4 Å². The lowest BCUT2D eigenvalue weighted by Crippen LogP contribution is -2.58. The first kappa shape index (κ1) is 23.0. The minimum Gasteiger partial charge on any atom is -0.348 e. The standard InChI is InChI=1S/C24H29N7O4/c1-13(32)27-20(14-4-2-5-14)23(34)28-18-9-8-15-6-3-7-16-10-19(31(21(15)16)24(18)35)22(33)25-11-17-12-26-30-29-17/h3,6-7,12,14,18-20H,2,4-5,8-11H2,1H3,(H,25,33)(H,27,32)(H,28,34)(H,26,29,30)/t18-,19-,20-/m0/s1. The van der Waals surface area contributed by atoms with Crippen molar-refractivity contribution in [1.29, 1.82) is 0 Å². The minimum absolute atomic E-state index is 0.0745. The van der Waals surface area contributed by atoms with E-state index in [-0.39, 0.29) is 36.1 Å². The van der Waals surface area contributed by atoms with Gasteiger partial charge in [-0.3, -0.25) is 24.1 Å². The van der Waals surface area contributed by atoms with Gasteiger partial charge in [-0.25, -0.2) is 0 Å². The van der Waals surface area contributed by atoms with Gasteiger partial charge in [0.05, 0.1) is 18.4 Å². The molecule has 3 aliphatic rings. The van der Waals surface area contributed by atoms with Crippen molar-refractivity contribution in [2.45, 2.75) is 70.1 Å². The molecule has 4 N–H and O–H groups in total. The minimum atomic E-state index is -0.789. The fraction of sp³-hybridized carbons (Fsp3) is 0.500. The number of hydrogen-bond acceptors (Lipinski definition) is 6. The van der Waals surface area contributed by atoms with Gasteiger partial charge in [0.2, 0.25) is 23.6 Å². The summed E-state index contributed by atoms with van der Waals surface area (Å²) in [5, 5.41) is 18.7. The molecule has 3 atom stereocenters. The second-order valence-electron chi connectivity index (χ2n) is 9.50. The van der Waals surface area contributed by atoms with Gasteiger partial charge < -0.3 is 16.0 Å². The van der Waals surface area contributed by atoms with Gasteiger partial charge in [-0.2, -0.15) is 15.4 Å². The first-order valence-corrected chi connectivity index (χ1v) is 12.1. The predicted molar refractivity (Wildman–Crippen MR) is 125 cm³/mol. The number of hydrogen-bond donors (Lipinski definition) is 4. The molecule has 11 heteroatoms. The summed E-state index contributed by atoms with van der Waals surface area (Å²) in [6.07, 6.45) is 5.69. The maximum absolute atomic E-state index is 13.8. The van der Waals surface area contributed by atoms with E-state index in [4.69, 9.17) is 0 Å². The van der Waals surface area contributed by atoms with Crippen LogP contribution in [0.1, 0.15) is 49.4 Å². The van der Waals surface area contributed by atoms with E-state index in [1.54, 1.807) is 4.90 Å². The third-order valence-corrected chi connectivity index (χ3v) is 7.20. The molecule has 0 spiro atoms. The number of anilines is 1. The third-order valence-electron chi connectivity index (χ3n) is 7.20. The summed E-state index contributed by atoms with van der Waals surface area (Å²) in [6, 6.07) is 3.67. The Kier molecular flexibility index (Phi) is 6.23. The van der Waals surface area contributed by atoms with E-state index in [0.717, 1.165) is 36.1 Å². The topological polar surface area (TPSA) is 149 Å². The van der Waals surface area contributed by atoms with Crippen LogP contribution in [0.2, 0.25) is 0 Å². The molecule has 1 aromatic heterocycles. The van der Waals surface area contributed by atoms with Gasteiger partial charge in [0.25, 0.3) is 0 Å². The Morgan fingerprint density at radius 2 is 2.00 bits per heavy atom. The number of para-hydroxylation sites is 1. The second kappa shape index (κ2) is 9.47. The molecule has 35 heavy (non-hydrogen) atoms. The summed E-state index contributed by atoms with van der Waals surface area (Å²) >= 11 is 0. The van der Waals surface area contributed by atoms with Gasteiger partial charge in [0, 0.05) is 13.3 Å². The number of nitrogens with zero attached hydrogens (tertiary/aromatic N) is 3. The number of H-pyrrole nitrogens is 1. The molecule has 1 saturated carbocycles. The largest absolute Gasteiger partial charge is 0.348 e. The van der Waals surface area contributed by atoms with Crippen LogP contribution in [0.15, 0.2) is 24.4 Å². The number of rotatable bonds is 7. The first-order chi connectivity index (χ1) is 16.9. The van der Waals surface area contributed by atoms with Crippen LogP contribution in [0, 0.1) is 5.92 Å². The van der Waals surface area contributed by atoms with E-state index in [1.165, 1.54) is 13.1 Å². The predicted octanol–water partition coefficient (Wildman–Crippen LogP) is 0.115. The van der Waals surface area contributed by atoms with Crippen LogP contribution in [-0.2, 0) is 38.6 Å². The van der Waals surface area contributed by atoms with Crippen molar-refractivity contribution in [2.75, 3.05) is 4.90 Å². The van der Waals surface area contributed by atoms with E-state index >= 15 is 0 Å². The molecule has 0 radical (unpaired) electrons. The number of aromatic amines is 1. The zero-order valence-corrected chi connectivity index (χ0v) is 19.5. The van der Waals surface area contributed by atoms with Crippen LogP contribution < -0.4 is 20.9 Å². The molecule has 0 bridgehead atoms. The lowest BCUT2D eigenvalue weighted by atomic mass is 9.79. The highest BCUT2D eigenvalue weighted by atomic mass is 16.2. The SMILES string of the molecule is CC(=O)N[C@H](C(=O)N[C@H]1CCc2cccc3c2N(C1=O)[C@H](C(=O)NCc1cn[nH]n1)C3)C1CCC1. The zero-order chi connectivity index (χ0) is 24.5. The van der Waals surface area contributed by atoms with E-state index in [0.29, 0.717) is 25.0 Å². The number of benzene rings is 1. The fourth-order valence-electron chi connectivity index (χ4n) is 5.23. The van der Waals surface area contributed by atoms with Crippen molar-refractivity contribution in [3.8, 4) is 0 Å². The number of aryl methyl sites for hydroxylation is 1. The molecule has 1 aromatic carbocycles. The second-order valence-corrected chi connectivity index (χ2v) is 9.50. The lowest BCUT2D eigenvalue weighted by molar-refractivity contribution is -0.133. The maximum atomic E-state index is 13.8. The Bertz CT molecular complexity index is 1140. The van der Waals surface area contributed by atoms with Crippen molar-refractivity contribution in [3.63, 3.8) is 0 Å². The molecule has 2 aromatic rings. The highest BCUT2D eigenvalue weighted by molar-refractivity contribution is 6.08. The molecule has 0 unspecified atom stereocenters. The molecule has 184 valence electrons. The first-order valence-electron chi connectivity index (χ1n) is 12.1. The normalized spacial score (nSPS) is 22.0. The smallest absolute Gasteiger partial charge is 0.250 e. The molecular weight excluding hydrogens is 450 g/mol. The molecule has 0 saturated heterocycles. The summed E-state index contributed by atoms with van der Waals surface area (Å²) in [4.78, 5) is 53.4. The van der Waals surface area contributed by atoms with Crippen LogP contribution in [0.5, 0.6) is 0 Å². The molecule has 3 heterocycles. The van der Waals surface area contributed by atoms with Crippen molar-refractivity contribution >= 4 is 29.3 Å². The Balaban J connectivity index is 1.36. The van der Waals surface area contributed by atoms with E-state index in [9.17, 15) is 19.2 Å². The average molecular weight is 480 g/mol. The Hall–Kier alpha value is -3.76. The number of amides is 4. The van der Waals surface area contributed by atoms with E-state index in [1.807, 2.05) is 18.2 Å². The molecule has 1 aliphatic carbocycles. The Labute approximate surface area is 202 Å². The summed E-state index contributed by atoms with van der Waals surface area (Å²) in [6.45, 7) is 1.58. The lowest BCUT2D eigenvalue weighted by Gasteiger charge is -2.34. The van der Waals surface area contributed by atoms with Gasteiger partial charge in [-0.15, -0.1) is 0 Å². The van der Waals surface area contributed by atoms with E-state index in [2.05, 4.69) is 31.4 Å². The number of carbonyl (C=O) groups excluding carboxylic acids is 4. The Morgan fingerprint density at radius 3 is 2.69 bits per heavy atom. The Morgan fingerprint density at radius 1 is 1.20 bits per heavy atom. The highest BCUT2D eigenvalue weighted by Gasteiger charge is 2.44. The number of nitrogens with one attached hydrogen (secondary N) is 4. The summed E-state index contributed by atoms with van der Waals surface area (Å²) < 4.78 is 0. The maximum Gasteiger partial charge on any atom is 0.250 e. The third kappa shape index (κ3) is 4.50. The number of aromatic nitrogens is 3. The van der Waals surface area contributed by atoms with Crippen LogP contribution >= 0.6 is 0 Å². The van der Waals surface area contributed by atoms with Gasteiger partial charge in [-0.1, -0.05) is 24.6 Å². The summed E-state index contributed by atoms with van der Waals surface area (Å²) in [5.74, 6) is -1.14. The highest BCUT2D eigenvalue weighted by Crippen LogP contribution is 2.39. The molecule has 2 aliphatic heterocycles. The monoisotopic (exact) mass is 479 g/mol. The summed E-state index contributed by atoms with van der Waals surface area (Å²) in [5.41, 5.74) is 3.28. The van der Waals surface area contributed by atoms with Gasteiger partial charge in [0.15, 0.2) is 0 Å². The van der Waals surface area contributed by atoms with Crippen molar-refractivity contribution in [2.24, 2.45) is 5.92 Å². The van der Waals surface area contributed by atoms with Crippen LogP contribution in [-0.4, -0.2) is 57.2 Å². The molecule has 4 amide bonds. The molecular formula is C24H29N7O4. The average Bonchev–Trinajstić information content (AvgIpc) is 3.42. The quantitative estimate of drug-likeness (QED) is 0.443. The fourth-order valence-corrected chi connectivity index (χ4v) is 5.23.